The van der Waals surface area contributed by atoms with Crippen molar-refractivity contribution in [1.82, 2.24) is 10.3 Å². The Hall–Kier alpha value is -2.48. The lowest BCUT2D eigenvalue weighted by Crippen LogP contribution is -2.45. The van der Waals surface area contributed by atoms with E-state index in [4.69, 9.17) is 17.0 Å². The lowest BCUT2D eigenvalue weighted by molar-refractivity contribution is 0.0515. The van der Waals surface area contributed by atoms with Crippen LogP contribution >= 0.6 is 24.0 Å². The van der Waals surface area contributed by atoms with E-state index in [1.54, 1.807) is 18.0 Å². The Bertz CT molecular complexity index is 992. The molecule has 0 radical (unpaired) electrons. The van der Waals surface area contributed by atoms with E-state index >= 15 is 0 Å². The third-order valence-corrected chi connectivity index (χ3v) is 6.66. The van der Waals surface area contributed by atoms with Gasteiger partial charge in [0.05, 0.1) is 11.9 Å². The Balaban J connectivity index is 1.35. The number of rotatable bonds is 6. The number of anilines is 1. The van der Waals surface area contributed by atoms with E-state index in [-0.39, 0.29) is 11.2 Å². The molecule has 2 aromatic carbocycles. The molecule has 0 saturated carbocycles. The van der Waals surface area contributed by atoms with Crippen molar-refractivity contribution in [2.24, 2.45) is 0 Å². The van der Waals surface area contributed by atoms with Gasteiger partial charge in [-0.3, -0.25) is 0 Å². The minimum Gasteiger partial charge on any atom is -0.381 e. The lowest BCUT2D eigenvalue weighted by atomic mass is 9.74. The number of nitrogens with one attached hydrogen (secondary N) is 2. The van der Waals surface area contributed by atoms with E-state index in [1.165, 1.54) is 12.1 Å². The standard InChI is InChI=1S/C24H24FN3OS2/c25-19-8-6-18(7-9-19)24(12-14-29-15-13-24)17-27-23(30)28-20-10-11-22(26-16-20)31-21-4-2-1-3-5-21/h1-11,16H,12-15,17H2,(H2,27,28,30). The van der Waals surface area contributed by atoms with E-state index < -0.39 is 0 Å². The summed E-state index contributed by atoms with van der Waals surface area (Å²) in [7, 11) is 0. The van der Waals surface area contributed by atoms with Crippen molar-refractivity contribution in [2.75, 3.05) is 25.1 Å². The molecule has 1 fully saturated rings. The Morgan fingerprint density at radius 1 is 1.03 bits per heavy atom. The molecule has 0 bridgehead atoms. The summed E-state index contributed by atoms with van der Waals surface area (Å²) >= 11 is 7.13. The molecular formula is C24H24FN3OS2. The summed E-state index contributed by atoms with van der Waals surface area (Å²) in [5, 5.41) is 8.02. The molecule has 0 spiro atoms. The molecule has 160 valence electrons. The third kappa shape index (κ3) is 5.81. The first-order chi connectivity index (χ1) is 15.1. The minimum absolute atomic E-state index is 0.133. The van der Waals surface area contributed by atoms with Crippen LogP contribution in [0.4, 0.5) is 10.1 Å². The van der Waals surface area contributed by atoms with Gasteiger partial charge in [0.25, 0.3) is 0 Å². The zero-order chi connectivity index (χ0) is 21.5. The van der Waals surface area contributed by atoms with Crippen LogP contribution in [0.5, 0.6) is 0 Å². The predicted molar refractivity (Wildman–Crippen MR) is 127 cm³/mol. The maximum atomic E-state index is 13.4. The van der Waals surface area contributed by atoms with Crippen LogP contribution in [0.15, 0.2) is 82.8 Å². The molecule has 1 saturated heterocycles. The molecule has 4 rings (SSSR count). The number of thiocarbonyl (C=S) groups is 1. The molecule has 0 amide bonds. The number of hydrogen-bond donors (Lipinski definition) is 2. The molecular weight excluding hydrogens is 429 g/mol. The first-order valence-electron chi connectivity index (χ1n) is 10.2. The van der Waals surface area contributed by atoms with Crippen LogP contribution in [-0.4, -0.2) is 29.9 Å². The van der Waals surface area contributed by atoms with Crippen LogP contribution in [-0.2, 0) is 10.2 Å². The van der Waals surface area contributed by atoms with Gasteiger partial charge in [-0.1, -0.05) is 42.1 Å². The van der Waals surface area contributed by atoms with E-state index in [0.717, 1.165) is 34.0 Å². The second-order valence-electron chi connectivity index (χ2n) is 7.51. The Kier molecular flexibility index (Phi) is 7.17. The number of ether oxygens (including phenoxy) is 1. The van der Waals surface area contributed by atoms with E-state index in [0.29, 0.717) is 24.9 Å². The predicted octanol–water partition coefficient (Wildman–Crippen LogP) is 5.41. The summed E-state index contributed by atoms with van der Waals surface area (Å²) in [4.78, 5) is 5.66. The highest BCUT2D eigenvalue weighted by Gasteiger charge is 2.34. The van der Waals surface area contributed by atoms with Gasteiger partial charge in [0.2, 0.25) is 0 Å². The molecule has 1 aromatic heterocycles. The van der Waals surface area contributed by atoms with Crippen molar-refractivity contribution < 1.29 is 9.13 Å². The topological polar surface area (TPSA) is 46.2 Å². The van der Waals surface area contributed by atoms with Gasteiger partial charge in [-0.05, 0) is 67.0 Å². The van der Waals surface area contributed by atoms with Crippen LogP contribution in [0.3, 0.4) is 0 Å². The highest BCUT2D eigenvalue weighted by Crippen LogP contribution is 2.34. The highest BCUT2D eigenvalue weighted by atomic mass is 32.2. The fourth-order valence-electron chi connectivity index (χ4n) is 3.68. The number of pyridine rings is 1. The summed E-state index contributed by atoms with van der Waals surface area (Å²) in [6.07, 6.45) is 3.51. The van der Waals surface area contributed by atoms with Gasteiger partial charge >= 0.3 is 0 Å². The van der Waals surface area contributed by atoms with Crippen molar-refractivity contribution in [3.63, 3.8) is 0 Å². The van der Waals surface area contributed by atoms with Crippen LogP contribution in [0.2, 0.25) is 0 Å². The molecule has 4 nitrogen and oxygen atoms in total. The normalized spacial score (nSPS) is 15.3. The number of benzene rings is 2. The molecule has 0 unspecified atom stereocenters. The summed E-state index contributed by atoms with van der Waals surface area (Å²) in [5.74, 6) is -0.225. The Morgan fingerprint density at radius 2 is 1.77 bits per heavy atom. The zero-order valence-electron chi connectivity index (χ0n) is 17.0. The second-order valence-corrected chi connectivity index (χ2v) is 9.01. The van der Waals surface area contributed by atoms with Gasteiger partial charge in [0.15, 0.2) is 5.11 Å². The maximum absolute atomic E-state index is 13.4. The van der Waals surface area contributed by atoms with E-state index in [1.807, 2.05) is 42.5 Å². The SMILES string of the molecule is Fc1ccc(C2(CNC(=S)Nc3ccc(Sc4ccccc4)nc3)CCOCC2)cc1. The van der Waals surface area contributed by atoms with Gasteiger partial charge in [0, 0.05) is 30.1 Å². The van der Waals surface area contributed by atoms with Crippen LogP contribution < -0.4 is 10.6 Å². The van der Waals surface area contributed by atoms with E-state index in [2.05, 4.69) is 27.8 Å². The fourth-order valence-corrected chi connectivity index (χ4v) is 4.65. The minimum atomic E-state index is -0.225. The van der Waals surface area contributed by atoms with Gasteiger partial charge in [0.1, 0.15) is 10.8 Å². The van der Waals surface area contributed by atoms with Gasteiger partial charge in [-0.2, -0.15) is 0 Å². The number of nitrogens with zero attached hydrogens (tertiary/aromatic N) is 1. The largest absolute Gasteiger partial charge is 0.381 e. The van der Waals surface area contributed by atoms with Crippen LogP contribution in [0.25, 0.3) is 0 Å². The second kappa shape index (κ2) is 10.2. The molecule has 0 atom stereocenters. The fraction of sp³-hybridized carbons (Fsp3) is 0.250. The van der Waals surface area contributed by atoms with Gasteiger partial charge in [-0.15, -0.1) is 0 Å². The van der Waals surface area contributed by atoms with Crippen molar-refractivity contribution in [3.05, 3.63) is 84.3 Å². The number of hydrogen-bond acceptors (Lipinski definition) is 4. The van der Waals surface area contributed by atoms with Crippen molar-refractivity contribution in [3.8, 4) is 0 Å². The number of halogens is 1. The summed E-state index contributed by atoms with van der Waals surface area (Å²) in [6.45, 7) is 2.02. The van der Waals surface area contributed by atoms with Gasteiger partial charge < -0.3 is 15.4 Å². The van der Waals surface area contributed by atoms with Crippen molar-refractivity contribution >= 4 is 34.8 Å². The highest BCUT2D eigenvalue weighted by molar-refractivity contribution is 7.99. The molecule has 0 aliphatic carbocycles. The summed E-state index contributed by atoms with van der Waals surface area (Å²) in [6, 6.07) is 20.9. The molecule has 3 aromatic rings. The quantitative estimate of drug-likeness (QED) is 0.487. The molecule has 1 aliphatic heterocycles. The molecule has 7 heteroatoms. The molecule has 2 heterocycles. The number of aromatic nitrogens is 1. The molecule has 31 heavy (non-hydrogen) atoms. The Labute approximate surface area is 191 Å². The smallest absolute Gasteiger partial charge is 0.170 e. The first-order valence-corrected chi connectivity index (χ1v) is 11.4. The lowest BCUT2D eigenvalue weighted by Gasteiger charge is -2.38. The summed E-state index contributed by atoms with van der Waals surface area (Å²) < 4.78 is 19.0. The average molecular weight is 454 g/mol. The summed E-state index contributed by atoms with van der Waals surface area (Å²) in [5.41, 5.74) is 1.81. The van der Waals surface area contributed by atoms with Crippen molar-refractivity contribution in [1.29, 1.82) is 0 Å². The van der Waals surface area contributed by atoms with Gasteiger partial charge in [-0.25, -0.2) is 9.37 Å². The zero-order valence-corrected chi connectivity index (χ0v) is 18.6. The van der Waals surface area contributed by atoms with Crippen LogP contribution in [0.1, 0.15) is 18.4 Å². The average Bonchev–Trinajstić information content (AvgIpc) is 2.81. The third-order valence-electron chi connectivity index (χ3n) is 5.45. The van der Waals surface area contributed by atoms with Crippen molar-refractivity contribution in [2.45, 2.75) is 28.2 Å². The first kappa shape index (κ1) is 21.7. The monoisotopic (exact) mass is 453 g/mol. The van der Waals surface area contributed by atoms with Crippen LogP contribution in [0, 0.1) is 5.82 Å². The maximum Gasteiger partial charge on any atom is 0.170 e. The molecule has 2 N–H and O–H groups in total. The molecule has 1 aliphatic rings. The Morgan fingerprint density at radius 3 is 2.45 bits per heavy atom. The van der Waals surface area contributed by atoms with E-state index in [9.17, 15) is 4.39 Å².